The lowest BCUT2D eigenvalue weighted by atomic mass is 9.86. The predicted molar refractivity (Wildman–Crippen MR) is 82.9 cm³/mol. The first-order chi connectivity index (χ1) is 9.78. The third kappa shape index (κ3) is 4.11. The van der Waals surface area contributed by atoms with Gasteiger partial charge in [0.15, 0.2) is 0 Å². The van der Waals surface area contributed by atoms with E-state index in [4.69, 9.17) is 29.6 Å². The number of thiocarbonyl (C=S) groups is 1. The van der Waals surface area contributed by atoms with Crippen molar-refractivity contribution < 1.29 is 13.6 Å². The third-order valence-electron chi connectivity index (χ3n) is 3.59. The van der Waals surface area contributed by atoms with Gasteiger partial charge in [-0.25, -0.2) is 8.78 Å². The Balaban J connectivity index is 2.10. The molecule has 1 amide bonds. The third-order valence-corrected chi connectivity index (χ3v) is 4.05. The number of carbonyl (C=O) groups excluding carboxylic acids is 1. The van der Waals surface area contributed by atoms with Crippen LogP contribution in [0.25, 0.3) is 0 Å². The van der Waals surface area contributed by atoms with Gasteiger partial charge in [-0.05, 0) is 31.0 Å². The molecule has 1 saturated carbocycles. The number of halogens is 3. The number of nitrogens with one attached hydrogen (secondary N) is 1. The Bertz CT molecular complexity index is 570. The zero-order chi connectivity index (χ0) is 15.6. The van der Waals surface area contributed by atoms with Crippen molar-refractivity contribution in [2.45, 2.75) is 31.6 Å². The summed E-state index contributed by atoms with van der Waals surface area (Å²) in [5.41, 5.74) is 6.51. The highest BCUT2D eigenvalue weighted by Gasteiger charge is 2.37. The van der Waals surface area contributed by atoms with Gasteiger partial charge in [-0.15, -0.1) is 0 Å². The van der Waals surface area contributed by atoms with Crippen LogP contribution >= 0.6 is 23.8 Å². The zero-order valence-electron chi connectivity index (χ0n) is 11.2. The molecule has 1 aromatic rings. The number of amides is 1. The van der Waals surface area contributed by atoms with Gasteiger partial charge >= 0.3 is 0 Å². The number of hydrogen-bond donors (Lipinski definition) is 2. The van der Waals surface area contributed by atoms with Gasteiger partial charge in [0.25, 0.3) is 0 Å². The molecular formula is C14H15ClF2N2OS. The van der Waals surface area contributed by atoms with Crippen molar-refractivity contribution in [3.63, 3.8) is 0 Å². The molecule has 3 nitrogen and oxygen atoms in total. The van der Waals surface area contributed by atoms with Crippen LogP contribution in [0.15, 0.2) is 18.2 Å². The molecule has 0 bridgehead atoms. The molecule has 0 radical (unpaired) electrons. The maximum Gasteiger partial charge on any atom is 0.248 e. The van der Waals surface area contributed by atoms with Gasteiger partial charge in [-0.3, -0.25) is 4.79 Å². The molecule has 0 saturated heterocycles. The van der Waals surface area contributed by atoms with Crippen LogP contribution in [0.1, 0.15) is 31.2 Å². The fourth-order valence-electron chi connectivity index (χ4n) is 2.37. The van der Waals surface area contributed by atoms with E-state index in [1.54, 1.807) is 18.2 Å². The highest BCUT2D eigenvalue weighted by molar-refractivity contribution is 7.80. The minimum Gasteiger partial charge on any atom is -0.389 e. The van der Waals surface area contributed by atoms with E-state index in [1.165, 1.54) is 0 Å². The van der Waals surface area contributed by atoms with Gasteiger partial charge in [-0.1, -0.05) is 23.8 Å². The van der Waals surface area contributed by atoms with Crippen LogP contribution in [0, 0.1) is 5.92 Å². The quantitative estimate of drug-likeness (QED) is 0.829. The molecule has 0 atom stereocenters. The van der Waals surface area contributed by atoms with Gasteiger partial charge in [0.05, 0.1) is 5.69 Å². The van der Waals surface area contributed by atoms with Crippen LogP contribution in [0.5, 0.6) is 0 Å². The molecule has 0 spiro atoms. The van der Waals surface area contributed by atoms with Crippen LogP contribution in [-0.2, 0) is 4.79 Å². The molecule has 21 heavy (non-hydrogen) atoms. The number of benzene rings is 1. The summed E-state index contributed by atoms with van der Waals surface area (Å²) in [7, 11) is 0. The van der Waals surface area contributed by atoms with E-state index >= 15 is 0 Å². The first kappa shape index (κ1) is 16.1. The fourth-order valence-corrected chi connectivity index (χ4v) is 2.72. The number of anilines is 1. The minimum atomic E-state index is -2.66. The number of nitrogens with two attached hydrogens (primary N) is 1. The van der Waals surface area contributed by atoms with E-state index < -0.39 is 11.8 Å². The average Bonchev–Trinajstić information content (AvgIpc) is 2.38. The second kappa shape index (κ2) is 6.23. The maximum absolute atomic E-state index is 13.1. The maximum atomic E-state index is 13.1. The number of hydrogen-bond acceptors (Lipinski definition) is 2. The van der Waals surface area contributed by atoms with Gasteiger partial charge in [0, 0.05) is 29.3 Å². The smallest absolute Gasteiger partial charge is 0.248 e. The fraction of sp³-hybridized carbons (Fsp3) is 0.429. The van der Waals surface area contributed by atoms with Crippen LogP contribution in [-0.4, -0.2) is 16.8 Å². The Labute approximate surface area is 131 Å². The molecule has 0 aromatic heterocycles. The van der Waals surface area contributed by atoms with E-state index in [1.807, 2.05) is 0 Å². The van der Waals surface area contributed by atoms with Crippen molar-refractivity contribution in [3.8, 4) is 0 Å². The van der Waals surface area contributed by atoms with Gasteiger partial charge < -0.3 is 11.1 Å². The summed E-state index contributed by atoms with van der Waals surface area (Å²) in [6, 6.07) is 4.79. The molecule has 0 unspecified atom stereocenters. The predicted octanol–water partition coefficient (Wildman–Crippen LogP) is 3.74. The molecule has 3 N–H and O–H groups in total. The standard InChI is InChI=1S/C14H15ClF2N2OS/c15-9-1-2-10(12(18)21)11(7-9)19-13(20)8-3-5-14(16,17)6-4-8/h1-2,7-8H,3-6H2,(H2,18,21)(H,19,20). The van der Waals surface area contributed by atoms with Crippen molar-refractivity contribution in [1.29, 1.82) is 0 Å². The Morgan fingerprint density at radius 3 is 2.57 bits per heavy atom. The van der Waals surface area contributed by atoms with Crippen LogP contribution in [0.3, 0.4) is 0 Å². The van der Waals surface area contributed by atoms with Crippen LogP contribution < -0.4 is 11.1 Å². The highest BCUT2D eigenvalue weighted by Crippen LogP contribution is 2.36. The molecule has 114 valence electrons. The van der Waals surface area contributed by atoms with Crippen molar-refractivity contribution >= 4 is 40.4 Å². The lowest BCUT2D eigenvalue weighted by Crippen LogP contribution is -2.32. The lowest BCUT2D eigenvalue weighted by molar-refractivity contribution is -0.124. The van der Waals surface area contributed by atoms with Crippen molar-refractivity contribution in [3.05, 3.63) is 28.8 Å². The summed E-state index contributed by atoms with van der Waals surface area (Å²) in [6.07, 6.45) is -0.185. The van der Waals surface area contributed by atoms with E-state index in [0.29, 0.717) is 16.3 Å². The molecule has 1 aromatic carbocycles. The van der Waals surface area contributed by atoms with E-state index in [9.17, 15) is 13.6 Å². The topological polar surface area (TPSA) is 55.1 Å². The average molecular weight is 333 g/mol. The molecule has 1 fully saturated rings. The zero-order valence-corrected chi connectivity index (χ0v) is 12.7. The van der Waals surface area contributed by atoms with E-state index in [0.717, 1.165) is 0 Å². The highest BCUT2D eigenvalue weighted by atomic mass is 35.5. The largest absolute Gasteiger partial charge is 0.389 e. The Morgan fingerprint density at radius 1 is 1.38 bits per heavy atom. The van der Waals surface area contributed by atoms with E-state index in [2.05, 4.69) is 5.32 Å². The summed E-state index contributed by atoms with van der Waals surface area (Å²) in [6.45, 7) is 0. The van der Waals surface area contributed by atoms with Crippen molar-refractivity contribution in [1.82, 2.24) is 0 Å². The Morgan fingerprint density at radius 2 is 2.00 bits per heavy atom. The van der Waals surface area contributed by atoms with Gasteiger partial charge in [0.2, 0.25) is 11.8 Å². The molecule has 1 aliphatic carbocycles. The second-order valence-corrected chi connectivity index (χ2v) is 6.05. The van der Waals surface area contributed by atoms with Gasteiger partial charge in [-0.2, -0.15) is 0 Å². The SMILES string of the molecule is NC(=S)c1ccc(Cl)cc1NC(=O)C1CCC(F)(F)CC1. The van der Waals surface area contributed by atoms with Crippen LogP contribution in [0.4, 0.5) is 14.5 Å². The molecule has 7 heteroatoms. The summed E-state index contributed by atoms with van der Waals surface area (Å²) in [5, 5.41) is 3.12. The first-order valence-electron chi connectivity index (χ1n) is 6.56. The number of carbonyl (C=O) groups is 1. The summed E-state index contributed by atoms with van der Waals surface area (Å²) in [4.78, 5) is 12.3. The molecule has 2 rings (SSSR count). The van der Waals surface area contributed by atoms with E-state index in [-0.39, 0.29) is 36.6 Å². The Kier molecular flexibility index (Phi) is 4.78. The summed E-state index contributed by atoms with van der Waals surface area (Å²) < 4.78 is 26.2. The van der Waals surface area contributed by atoms with Crippen molar-refractivity contribution in [2.75, 3.05) is 5.32 Å². The summed E-state index contributed by atoms with van der Waals surface area (Å²) in [5.74, 6) is -3.38. The molecule has 0 heterocycles. The summed E-state index contributed by atoms with van der Waals surface area (Å²) >= 11 is 10.8. The molecule has 1 aliphatic rings. The number of alkyl halides is 2. The Hall–Kier alpha value is -1.27. The first-order valence-corrected chi connectivity index (χ1v) is 7.35. The second-order valence-electron chi connectivity index (χ2n) is 5.17. The monoisotopic (exact) mass is 332 g/mol. The molecule has 0 aliphatic heterocycles. The van der Waals surface area contributed by atoms with Crippen LogP contribution in [0.2, 0.25) is 5.02 Å². The van der Waals surface area contributed by atoms with Crippen molar-refractivity contribution in [2.24, 2.45) is 11.7 Å². The normalized spacial score (nSPS) is 18.2. The number of rotatable bonds is 3. The minimum absolute atomic E-state index is 0.136. The van der Waals surface area contributed by atoms with Gasteiger partial charge in [0.1, 0.15) is 4.99 Å². The molecular weight excluding hydrogens is 318 g/mol. The lowest BCUT2D eigenvalue weighted by Gasteiger charge is -2.27.